The normalized spacial score (nSPS) is 14.5. The van der Waals surface area contributed by atoms with Crippen molar-refractivity contribution in [2.24, 2.45) is 0 Å². The highest BCUT2D eigenvalue weighted by molar-refractivity contribution is 5.98. The Morgan fingerprint density at radius 2 is 2.20 bits per heavy atom. The largest absolute Gasteiger partial charge is 0.494 e. The molecule has 0 radical (unpaired) electrons. The van der Waals surface area contributed by atoms with Gasteiger partial charge in [-0.05, 0) is 31.5 Å². The molecule has 1 heterocycles. The van der Waals surface area contributed by atoms with Crippen LogP contribution >= 0.6 is 0 Å². The van der Waals surface area contributed by atoms with Gasteiger partial charge in [-0.3, -0.25) is 4.79 Å². The average molecular weight is 276 g/mol. The summed E-state index contributed by atoms with van der Waals surface area (Å²) >= 11 is 0. The second-order valence-corrected chi connectivity index (χ2v) is 4.61. The number of ketones is 1. The summed E-state index contributed by atoms with van der Waals surface area (Å²) in [6.07, 6.45) is 1.63. The summed E-state index contributed by atoms with van der Waals surface area (Å²) in [5, 5.41) is 5.96. The first-order valence-corrected chi connectivity index (χ1v) is 6.28. The zero-order valence-corrected chi connectivity index (χ0v) is 11.7. The van der Waals surface area contributed by atoms with Crippen molar-refractivity contribution in [2.45, 2.75) is 13.8 Å². The number of aryl methyl sites for hydroxylation is 1. The van der Waals surface area contributed by atoms with Crippen molar-refractivity contribution in [1.29, 1.82) is 0 Å². The fraction of sp³-hybridized carbons (Fsp3) is 0.267. The van der Waals surface area contributed by atoms with Crippen molar-refractivity contribution in [2.75, 3.05) is 19.0 Å². The first kappa shape index (κ1) is 14.1. The highest BCUT2D eigenvalue weighted by Crippen LogP contribution is 2.23. The van der Waals surface area contributed by atoms with Crippen LogP contribution in [0, 0.1) is 12.7 Å². The third-order valence-corrected chi connectivity index (χ3v) is 3.04. The van der Waals surface area contributed by atoms with Crippen LogP contribution in [0.25, 0.3) is 0 Å². The van der Waals surface area contributed by atoms with Crippen LogP contribution in [0.15, 0.2) is 41.4 Å². The zero-order valence-electron chi connectivity index (χ0n) is 11.7. The van der Waals surface area contributed by atoms with E-state index in [9.17, 15) is 9.18 Å². The summed E-state index contributed by atoms with van der Waals surface area (Å²) < 4.78 is 19.0. The Hall–Kier alpha value is -2.30. The molecule has 0 atom stereocenters. The van der Waals surface area contributed by atoms with Crippen molar-refractivity contribution in [1.82, 2.24) is 5.32 Å². The molecule has 0 amide bonds. The monoisotopic (exact) mass is 276 g/mol. The molecule has 0 saturated carbocycles. The third-order valence-electron chi connectivity index (χ3n) is 3.04. The molecule has 0 aliphatic carbocycles. The van der Waals surface area contributed by atoms with E-state index in [0.29, 0.717) is 29.3 Å². The van der Waals surface area contributed by atoms with E-state index in [0.717, 1.165) is 5.56 Å². The molecule has 0 spiro atoms. The topological polar surface area (TPSA) is 50.4 Å². The van der Waals surface area contributed by atoms with E-state index in [1.165, 1.54) is 20.1 Å². The molecular weight excluding hydrogens is 259 g/mol. The Morgan fingerprint density at radius 3 is 2.80 bits per heavy atom. The van der Waals surface area contributed by atoms with Crippen molar-refractivity contribution in [3.8, 4) is 0 Å². The lowest BCUT2D eigenvalue weighted by atomic mass is 10.1. The number of hydrogen-bond acceptors (Lipinski definition) is 4. The van der Waals surface area contributed by atoms with Gasteiger partial charge in [-0.1, -0.05) is 6.07 Å². The van der Waals surface area contributed by atoms with E-state index in [2.05, 4.69) is 10.6 Å². The van der Waals surface area contributed by atoms with Crippen LogP contribution in [0.5, 0.6) is 0 Å². The van der Waals surface area contributed by atoms with Gasteiger partial charge in [0.05, 0.1) is 24.9 Å². The SMILES string of the molecule is COC1=CNCC(Nc2ccc(C)cc2F)=C1C(C)=O. The summed E-state index contributed by atoms with van der Waals surface area (Å²) in [7, 11) is 1.49. The van der Waals surface area contributed by atoms with Crippen LogP contribution < -0.4 is 10.6 Å². The van der Waals surface area contributed by atoms with Gasteiger partial charge in [-0.2, -0.15) is 0 Å². The van der Waals surface area contributed by atoms with Crippen LogP contribution in [-0.2, 0) is 9.53 Å². The number of anilines is 1. The van der Waals surface area contributed by atoms with Crippen LogP contribution in [-0.4, -0.2) is 19.4 Å². The fourth-order valence-corrected chi connectivity index (χ4v) is 2.09. The lowest BCUT2D eigenvalue weighted by Crippen LogP contribution is -2.26. The Balaban J connectivity index is 2.38. The number of rotatable bonds is 4. The van der Waals surface area contributed by atoms with Gasteiger partial charge in [0.1, 0.15) is 11.6 Å². The highest BCUT2D eigenvalue weighted by Gasteiger charge is 2.21. The van der Waals surface area contributed by atoms with E-state index in [-0.39, 0.29) is 11.6 Å². The molecule has 1 aliphatic heterocycles. The number of allylic oxidation sites excluding steroid dienone is 1. The Morgan fingerprint density at radius 1 is 1.45 bits per heavy atom. The summed E-state index contributed by atoms with van der Waals surface area (Å²) in [4.78, 5) is 11.8. The number of dihydropyridines is 1. The first-order valence-electron chi connectivity index (χ1n) is 6.28. The number of hydrogen-bond donors (Lipinski definition) is 2. The molecular formula is C15H17FN2O2. The quantitative estimate of drug-likeness (QED) is 0.887. The third kappa shape index (κ3) is 2.82. The summed E-state index contributed by atoms with van der Waals surface area (Å²) in [5.74, 6) is -0.0395. The zero-order chi connectivity index (χ0) is 14.7. The molecule has 1 aliphatic rings. The van der Waals surface area contributed by atoms with Crippen LogP contribution in [0.4, 0.5) is 10.1 Å². The van der Waals surface area contributed by atoms with Gasteiger partial charge in [-0.25, -0.2) is 4.39 Å². The minimum atomic E-state index is -0.353. The number of nitrogens with one attached hydrogen (secondary N) is 2. The number of carbonyl (C=O) groups is 1. The van der Waals surface area contributed by atoms with Crippen molar-refractivity contribution < 1.29 is 13.9 Å². The maximum absolute atomic E-state index is 13.9. The van der Waals surface area contributed by atoms with Crippen molar-refractivity contribution in [3.63, 3.8) is 0 Å². The Bertz CT molecular complexity index is 606. The number of halogens is 1. The average Bonchev–Trinajstić information content (AvgIpc) is 2.41. The molecule has 20 heavy (non-hydrogen) atoms. The molecule has 2 N–H and O–H groups in total. The summed E-state index contributed by atoms with van der Waals surface area (Å²) in [5.41, 5.74) is 2.21. The molecule has 4 nitrogen and oxygen atoms in total. The maximum Gasteiger partial charge on any atom is 0.165 e. The molecule has 1 aromatic rings. The van der Waals surface area contributed by atoms with Crippen molar-refractivity contribution >= 4 is 11.5 Å². The highest BCUT2D eigenvalue weighted by atomic mass is 19.1. The lowest BCUT2D eigenvalue weighted by molar-refractivity contribution is -0.113. The minimum Gasteiger partial charge on any atom is -0.494 e. The minimum absolute atomic E-state index is 0.130. The molecule has 0 saturated heterocycles. The van der Waals surface area contributed by atoms with Gasteiger partial charge in [0.15, 0.2) is 5.78 Å². The molecule has 0 fully saturated rings. The molecule has 0 unspecified atom stereocenters. The van der Waals surface area contributed by atoms with Crippen LogP contribution in [0.2, 0.25) is 0 Å². The second-order valence-electron chi connectivity index (χ2n) is 4.61. The van der Waals surface area contributed by atoms with Gasteiger partial charge in [-0.15, -0.1) is 0 Å². The summed E-state index contributed by atoms with van der Waals surface area (Å²) in [6.45, 7) is 3.69. The van der Waals surface area contributed by atoms with Gasteiger partial charge in [0.2, 0.25) is 0 Å². The lowest BCUT2D eigenvalue weighted by Gasteiger charge is -2.22. The van der Waals surface area contributed by atoms with E-state index >= 15 is 0 Å². The van der Waals surface area contributed by atoms with Crippen LogP contribution in [0.1, 0.15) is 12.5 Å². The molecule has 106 valence electrons. The number of carbonyl (C=O) groups excluding carboxylic acids is 1. The number of Topliss-reactive ketones (excluding diaryl/α,β-unsaturated/α-hetero) is 1. The first-order chi connectivity index (χ1) is 9.52. The smallest absolute Gasteiger partial charge is 0.165 e. The number of methoxy groups -OCH3 is 1. The second kappa shape index (κ2) is 5.77. The molecule has 1 aromatic carbocycles. The molecule has 0 bridgehead atoms. The van der Waals surface area contributed by atoms with Crippen molar-refractivity contribution in [3.05, 3.63) is 52.8 Å². The van der Waals surface area contributed by atoms with Gasteiger partial charge < -0.3 is 15.4 Å². The molecule has 2 rings (SSSR count). The van der Waals surface area contributed by atoms with E-state index < -0.39 is 0 Å². The predicted molar refractivity (Wildman–Crippen MR) is 75.6 cm³/mol. The molecule has 5 heteroatoms. The number of ether oxygens (including phenoxy) is 1. The maximum atomic E-state index is 13.9. The Kier molecular flexibility index (Phi) is 4.08. The fourth-order valence-electron chi connectivity index (χ4n) is 2.09. The summed E-state index contributed by atoms with van der Waals surface area (Å²) in [6, 6.07) is 4.91. The van der Waals surface area contributed by atoms with Gasteiger partial charge in [0.25, 0.3) is 0 Å². The molecule has 0 aromatic heterocycles. The standard InChI is InChI=1S/C15H17FN2O2/c1-9-4-5-12(11(16)6-9)18-13-7-17-8-14(20-3)15(13)10(2)19/h4-6,8,17-18H,7H2,1-3H3. The number of benzene rings is 1. The van der Waals surface area contributed by atoms with Gasteiger partial charge >= 0.3 is 0 Å². The predicted octanol–water partition coefficient (Wildman–Crippen LogP) is 2.48. The van der Waals surface area contributed by atoms with Gasteiger partial charge in [0, 0.05) is 11.9 Å². The van der Waals surface area contributed by atoms with E-state index in [1.54, 1.807) is 12.3 Å². The Labute approximate surface area is 117 Å². The van der Waals surface area contributed by atoms with Crippen LogP contribution in [0.3, 0.4) is 0 Å². The van der Waals surface area contributed by atoms with E-state index in [4.69, 9.17) is 4.74 Å². The van der Waals surface area contributed by atoms with E-state index in [1.807, 2.05) is 13.0 Å².